The van der Waals surface area contributed by atoms with Crippen LogP contribution in [0.5, 0.6) is 0 Å². The molecule has 1 aromatic rings. The third-order valence-corrected chi connectivity index (χ3v) is 3.01. The molecule has 1 saturated carbocycles. The zero-order valence-electron chi connectivity index (χ0n) is 9.26. The number of hydrogen-bond acceptors (Lipinski definition) is 1. The van der Waals surface area contributed by atoms with Crippen molar-refractivity contribution in [2.24, 2.45) is 5.92 Å². The van der Waals surface area contributed by atoms with Crippen LogP contribution < -0.4 is 0 Å². The van der Waals surface area contributed by atoms with E-state index in [-0.39, 0.29) is 12.0 Å². The van der Waals surface area contributed by atoms with Crippen molar-refractivity contribution in [2.45, 2.75) is 31.9 Å². The van der Waals surface area contributed by atoms with E-state index in [0.717, 1.165) is 18.9 Å². The lowest BCUT2D eigenvalue weighted by Gasteiger charge is -2.11. The molecule has 2 rings (SSSR count). The molecule has 0 saturated heterocycles. The molecule has 1 fully saturated rings. The molecule has 92 valence electrons. The Kier molecular flexibility index (Phi) is 3.22. The van der Waals surface area contributed by atoms with Crippen molar-refractivity contribution in [1.82, 2.24) is 0 Å². The summed E-state index contributed by atoms with van der Waals surface area (Å²) < 4.78 is 38.0. The van der Waals surface area contributed by atoms with E-state index >= 15 is 0 Å². The molecule has 0 atom stereocenters. The van der Waals surface area contributed by atoms with Crippen LogP contribution in [0.4, 0.5) is 13.2 Å². The van der Waals surface area contributed by atoms with E-state index in [1.54, 1.807) is 0 Å². The standard InChI is InChI=1S/C13H13F3O/c14-13(15,16)11-4-2-1-3-10(11)12(17)8-7-9-5-6-9/h1-4,9H,5-8H2. The van der Waals surface area contributed by atoms with Gasteiger partial charge in [0.2, 0.25) is 0 Å². The maximum atomic E-state index is 12.7. The molecule has 0 heterocycles. The molecular weight excluding hydrogens is 229 g/mol. The summed E-state index contributed by atoms with van der Waals surface area (Å²) in [5.74, 6) is 0.154. The van der Waals surface area contributed by atoms with Gasteiger partial charge in [-0.3, -0.25) is 4.79 Å². The van der Waals surface area contributed by atoms with Crippen LogP contribution in [0.3, 0.4) is 0 Å². The van der Waals surface area contributed by atoms with E-state index in [9.17, 15) is 18.0 Å². The predicted octanol–water partition coefficient (Wildman–Crippen LogP) is 4.08. The number of Topliss-reactive ketones (excluding diaryl/α,β-unsaturated/α-hetero) is 1. The molecule has 0 bridgehead atoms. The molecule has 0 unspecified atom stereocenters. The highest BCUT2D eigenvalue weighted by Crippen LogP contribution is 2.35. The Labute approximate surface area is 97.6 Å². The fourth-order valence-electron chi connectivity index (χ4n) is 1.85. The molecule has 0 amide bonds. The Hall–Kier alpha value is -1.32. The van der Waals surface area contributed by atoms with E-state index < -0.39 is 17.5 Å². The molecule has 1 aliphatic carbocycles. The largest absolute Gasteiger partial charge is 0.417 e. The molecule has 4 heteroatoms. The van der Waals surface area contributed by atoms with E-state index in [0.29, 0.717) is 12.3 Å². The van der Waals surface area contributed by atoms with Gasteiger partial charge < -0.3 is 0 Å². The third-order valence-electron chi connectivity index (χ3n) is 3.01. The molecule has 0 spiro atoms. The number of carbonyl (C=O) groups is 1. The maximum Gasteiger partial charge on any atom is 0.417 e. The van der Waals surface area contributed by atoms with Crippen molar-refractivity contribution in [3.05, 3.63) is 35.4 Å². The highest BCUT2D eigenvalue weighted by molar-refractivity contribution is 5.97. The fourth-order valence-corrected chi connectivity index (χ4v) is 1.85. The van der Waals surface area contributed by atoms with Gasteiger partial charge in [-0.1, -0.05) is 31.0 Å². The van der Waals surface area contributed by atoms with Gasteiger partial charge in [0, 0.05) is 12.0 Å². The fraction of sp³-hybridized carbons (Fsp3) is 0.462. The minimum absolute atomic E-state index is 0.194. The van der Waals surface area contributed by atoms with E-state index in [1.165, 1.54) is 18.2 Å². The molecular formula is C13H13F3O. The Bertz CT molecular complexity index is 419. The van der Waals surface area contributed by atoms with Crippen LogP contribution in [0.15, 0.2) is 24.3 Å². The lowest BCUT2D eigenvalue weighted by Crippen LogP contribution is -2.13. The molecule has 0 radical (unpaired) electrons. The molecule has 1 aliphatic rings. The topological polar surface area (TPSA) is 17.1 Å². The smallest absolute Gasteiger partial charge is 0.294 e. The van der Waals surface area contributed by atoms with Crippen LogP contribution >= 0.6 is 0 Å². The van der Waals surface area contributed by atoms with Crippen LogP contribution in [-0.4, -0.2) is 5.78 Å². The van der Waals surface area contributed by atoms with Gasteiger partial charge >= 0.3 is 6.18 Å². The zero-order valence-corrected chi connectivity index (χ0v) is 9.26. The average molecular weight is 242 g/mol. The predicted molar refractivity (Wildman–Crippen MR) is 57.7 cm³/mol. The van der Waals surface area contributed by atoms with Gasteiger partial charge in [0.15, 0.2) is 5.78 Å². The van der Waals surface area contributed by atoms with Crippen LogP contribution in [0.1, 0.15) is 41.6 Å². The number of halogens is 3. The lowest BCUT2D eigenvalue weighted by molar-refractivity contribution is -0.137. The summed E-state index contributed by atoms with van der Waals surface area (Å²) in [6.07, 6.45) is -1.31. The van der Waals surface area contributed by atoms with E-state index in [2.05, 4.69) is 0 Å². The Morgan fingerprint density at radius 3 is 2.47 bits per heavy atom. The first-order valence-electron chi connectivity index (χ1n) is 5.68. The Morgan fingerprint density at radius 2 is 1.88 bits per heavy atom. The Morgan fingerprint density at radius 1 is 1.24 bits per heavy atom. The minimum Gasteiger partial charge on any atom is -0.294 e. The van der Waals surface area contributed by atoms with Gasteiger partial charge in [0.25, 0.3) is 0 Å². The second-order valence-electron chi connectivity index (χ2n) is 4.45. The summed E-state index contributed by atoms with van der Waals surface area (Å²) in [7, 11) is 0. The molecule has 0 aliphatic heterocycles. The number of hydrogen-bond donors (Lipinski definition) is 0. The first-order chi connectivity index (χ1) is 7.98. The number of benzene rings is 1. The van der Waals surface area contributed by atoms with Crippen molar-refractivity contribution in [2.75, 3.05) is 0 Å². The highest BCUT2D eigenvalue weighted by atomic mass is 19.4. The number of carbonyl (C=O) groups excluding carboxylic acids is 1. The SMILES string of the molecule is O=C(CCC1CC1)c1ccccc1C(F)(F)F. The van der Waals surface area contributed by atoms with Crippen LogP contribution in [-0.2, 0) is 6.18 Å². The summed E-state index contributed by atoms with van der Waals surface area (Å²) in [6.45, 7) is 0. The van der Waals surface area contributed by atoms with E-state index in [1.807, 2.05) is 0 Å². The quantitative estimate of drug-likeness (QED) is 0.727. The summed E-state index contributed by atoms with van der Waals surface area (Å²) >= 11 is 0. The van der Waals surface area contributed by atoms with Gasteiger partial charge in [-0.05, 0) is 18.4 Å². The van der Waals surface area contributed by atoms with E-state index in [4.69, 9.17) is 0 Å². The van der Waals surface area contributed by atoms with Crippen LogP contribution in [0, 0.1) is 5.92 Å². The molecule has 1 nitrogen and oxygen atoms in total. The molecule has 1 aromatic carbocycles. The normalized spacial score (nSPS) is 15.9. The first-order valence-corrected chi connectivity index (χ1v) is 5.68. The minimum atomic E-state index is -4.45. The number of ketones is 1. The van der Waals surface area contributed by atoms with Crippen molar-refractivity contribution >= 4 is 5.78 Å². The molecule has 0 aromatic heterocycles. The lowest BCUT2D eigenvalue weighted by atomic mass is 9.99. The average Bonchev–Trinajstić information content (AvgIpc) is 3.08. The monoisotopic (exact) mass is 242 g/mol. The van der Waals surface area contributed by atoms with Gasteiger partial charge in [-0.25, -0.2) is 0 Å². The van der Waals surface area contributed by atoms with Crippen molar-refractivity contribution < 1.29 is 18.0 Å². The second kappa shape index (κ2) is 4.51. The van der Waals surface area contributed by atoms with Gasteiger partial charge in [-0.2, -0.15) is 13.2 Å². The van der Waals surface area contributed by atoms with Crippen molar-refractivity contribution in [3.63, 3.8) is 0 Å². The summed E-state index contributed by atoms with van der Waals surface area (Å²) in [4.78, 5) is 11.7. The Balaban J connectivity index is 2.15. The van der Waals surface area contributed by atoms with Crippen LogP contribution in [0.25, 0.3) is 0 Å². The van der Waals surface area contributed by atoms with Gasteiger partial charge in [0.1, 0.15) is 0 Å². The zero-order chi connectivity index (χ0) is 12.5. The summed E-state index contributed by atoms with van der Waals surface area (Å²) in [5.41, 5.74) is -1.01. The van der Waals surface area contributed by atoms with Gasteiger partial charge in [-0.15, -0.1) is 0 Å². The summed E-state index contributed by atoms with van der Waals surface area (Å²) in [5, 5.41) is 0. The first kappa shape index (κ1) is 12.1. The number of rotatable bonds is 4. The second-order valence-corrected chi connectivity index (χ2v) is 4.45. The number of alkyl halides is 3. The highest BCUT2D eigenvalue weighted by Gasteiger charge is 2.34. The maximum absolute atomic E-state index is 12.7. The molecule has 17 heavy (non-hydrogen) atoms. The van der Waals surface area contributed by atoms with Crippen molar-refractivity contribution in [1.29, 1.82) is 0 Å². The van der Waals surface area contributed by atoms with Crippen molar-refractivity contribution in [3.8, 4) is 0 Å². The third kappa shape index (κ3) is 3.08. The summed E-state index contributed by atoms with van der Waals surface area (Å²) in [6, 6.07) is 5.00. The van der Waals surface area contributed by atoms with Gasteiger partial charge in [0.05, 0.1) is 5.56 Å². The molecule has 0 N–H and O–H groups in total. The van der Waals surface area contributed by atoms with Crippen LogP contribution in [0.2, 0.25) is 0 Å².